The molecule has 0 aliphatic carbocycles. The lowest BCUT2D eigenvalue weighted by Gasteiger charge is -2.25. The van der Waals surface area contributed by atoms with Crippen molar-refractivity contribution in [3.8, 4) is 0 Å². The molecule has 0 atom stereocenters. The lowest BCUT2D eigenvalue weighted by atomic mass is 10.3. The first-order valence-corrected chi connectivity index (χ1v) is 4.64. The first-order valence-electron chi connectivity index (χ1n) is 4.64. The molecule has 1 aliphatic rings. The van der Waals surface area contributed by atoms with Gasteiger partial charge in [0.15, 0.2) is 0 Å². The summed E-state index contributed by atoms with van der Waals surface area (Å²) in [5.74, 6) is 0. The normalized spacial score (nSPS) is 16.6. The first-order chi connectivity index (χ1) is 6.77. The summed E-state index contributed by atoms with van der Waals surface area (Å²) in [5, 5.41) is 0. The fourth-order valence-corrected chi connectivity index (χ4v) is 1.41. The molecule has 0 bridgehead atoms. The monoisotopic (exact) mass is 192 g/mol. The number of hydrogen-bond donors (Lipinski definition) is 0. The van der Waals surface area contributed by atoms with Gasteiger partial charge < -0.3 is 4.74 Å². The molecular formula is C10H12N2O2. The molecule has 1 saturated heterocycles. The van der Waals surface area contributed by atoms with E-state index in [1.54, 1.807) is 11.1 Å². The minimum atomic E-state index is -0.276. The number of nitrogens with zero attached hydrogens (tertiary/aromatic N) is 2. The van der Waals surface area contributed by atoms with Crippen molar-refractivity contribution in [2.45, 2.75) is 13.3 Å². The van der Waals surface area contributed by atoms with Gasteiger partial charge in [0, 0.05) is 12.2 Å². The van der Waals surface area contributed by atoms with Crippen molar-refractivity contribution in [2.24, 2.45) is 0 Å². The number of pyridine rings is 1. The molecule has 74 valence electrons. The van der Waals surface area contributed by atoms with E-state index in [0.717, 1.165) is 17.8 Å². The van der Waals surface area contributed by atoms with Crippen LogP contribution in [0.5, 0.6) is 0 Å². The maximum absolute atomic E-state index is 11.4. The Morgan fingerprint density at radius 1 is 1.50 bits per heavy atom. The maximum atomic E-state index is 11.4. The van der Waals surface area contributed by atoms with Gasteiger partial charge in [0.25, 0.3) is 0 Å². The van der Waals surface area contributed by atoms with E-state index in [2.05, 4.69) is 4.98 Å². The Hall–Kier alpha value is -1.58. The van der Waals surface area contributed by atoms with Gasteiger partial charge in [0.2, 0.25) is 0 Å². The average molecular weight is 192 g/mol. The Morgan fingerprint density at radius 2 is 2.36 bits per heavy atom. The number of carbonyl (C=O) groups is 1. The molecule has 0 aromatic carbocycles. The number of anilines is 1. The second kappa shape index (κ2) is 3.65. The van der Waals surface area contributed by atoms with Gasteiger partial charge in [-0.15, -0.1) is 0 Å². The standard InChI is InChI=1S/C10H12N2O2/c1-8-3-4-9(7-11-8)12-5-2-6-14-10(12)13/h3-4,7H,2,5-6H2,1H3. The molecule has 1 aromatic heterocycles. The molecule has 1 aliphatic heterocycles. The summed E-state index contributed by atoms with van der Waals surface area (Å²) in [6.45, 7) is 3.15. The minimum absolute atomic E-state index is 0.276. The molecule has 4 heteroatoms. The Bertz CT molecular complexity index is 334. The molecule has 0 saturated carbocycles. The highest BCUT2D eigenvalue weighted by Crippen LogP contribution is 2.17. The van der Waals surface area contributed by atoms with Gasteiger partial charge in [-0.2, -0.15) is 0 Å². The van der Waals surface area contributed by atoms with E-state index >= 15 is 0 Å². The lowest BCUT2D eigenvalue weighted by molar-refractivity contribution is 0.140. The van der Waals surface area contributed by atoms with Gasteiger partial charge in [-0.05, 0) is 25.5 Å². The highest BCUT2D eigenvalue weighted by Gasteiger charge is 2.20. The van der Waals surface area contributed by atoms with Crippen LogP contribution in [0.15, 0.2) is 18.3 Å². The zero-order valence-electron chi connectivity index (χ0n) is 8.06. The fraction of sp³-hybridized carbons (Fsp3) is 0.400. The van der Waals surface area contributed by atoms with Crippen LogP contribution in [-0.2, 0) is 4.74 Å². The number of aromatic nitrogens is 1. The zero-order valence-corrected chi connectivity index (χ0v) is 8.06. The molecule has 0 N–H and O–H groups in total. The third-order valence-corrected chi connectivity index (χ3v) is 2.18. The van der Waals surface area contributed by atoms with Gasteiger partial charge in [-0.3, -0.25) is 9.88 Å². The van der Waals surface area contributed by atoms with Crippen molar-refractivity contribution >= 4 is 11.8 Å². The third kappa shape index (κ3) is 1.69. The zero-order chi connectivity index (χ0) is 9.97. The van der Waals surface area contributed by atoms with Crippen molar-refractivity contribution in [3.05, 3.63) is 24.0 Å². The second-order valence-corrected chi connectivity index (χ2v) is 3.28. The van der Waals surface area contributed by atoms with Gasteiger partial charge in [0.1, 0.15) is 0 Å². The maximum Gasteiger partial charge on any atom is 0.414 e. The number of carbonyl (C=O) groups excluding carboxylic acids is 1. The van der Waals surface area contributed by atoms with Crippen LogP contribution in [0.1, 0.15) is 12.1 Å². The SMILES string of the molecule is Cc1ccc(N2CCCOC2=O)cn1. The first kappa shape index (κ1) is 8.99. The fourth-order valence-electron chi connectivity index (χ4n) is 1.41. The van der Waals surface area contributed by atoms with Crippen molar-refractivity contribution in [1.82, 2.24) is 4.98 Å². The number of rotatable bonds is 1. The molecular weight excluding hydrogens is 180 g/mol. The predicted octanol–water partition coefficient (Wildman–Crippen LogP) is 1.74. The Kier molecular flexibility index (Phi) is 2.35. The highest BCUT2D eigenvalue weighted by atomic mass is 16.6. The van der Waals surface area contributed by atoms with Crippen LogP contribution >= 0.6 is 0 Å². The Morgan fingerprint density at radius 3 is 3.00 bits per heavy atom. The van der Waals surface area contributed by atoms with Gasteiger partial charge in [-0.1, -0.05) is 0 Å². The van der Waals surface area contributed by atoms with E-state index in [1.165, 1.54) is 0 Å². The third-order valence-electron chi connectivity index (χ3n) is 2.18. The van der Waals surface area contributed by atoms with Crippen LogP contribution < -0.4 is 4.90 Å². The van der Waals surface area contributed by atoms with Crippen LogP contribution in [0.4, 0.5) is 10.5 Å². The molecule has 1 fully saturated rings. The van der Waals surface area contributed by atoms with Gasteiger partial charge in [0.05, 0.1) is 18.5 Å². The van der Waals surface area contributed by atoms with E-state index in [4.69, 9.17) is 4.74 Å². The van der Waals surface area contributed by atoms with Crippen LogP contribution in [0.3, 0.4) is 0 Å². The summed E-state index contributed by atoms with van der Waals surface area (Å²) in [6, 6.07) is 3.77. The summed E-state index contributed by atoms with van der Waals surface area (Å²) in [5.41, 5.74) is 1.75. The molecule has 2 rings (SSSR count). The average Bonchev–Trinajstić information content (AvgIpc) is 2.20. The van der Waals surface area contributed by atoms with E-state index in [-0.39, 0.29) is 6.09 Å². The van der Waals surface area contributed by atoms with E-state index in [0.29, 0.717) is 13.2 Å². The van der Waals surface area contributed by atoms with E-state index in [1.807, 2.05) is 19.1 Å². The summed E-state index contributed by atoms with van der Waals surface area (Å²) in [7, 11) is 0. The summed E-state index contributed by atoms with van der Waals surface area (Å²) < 4.78 is 4.93. The quantitative estimate of drug-likeness (QED) is 0.680. The minimum Gasteiger partial charge on any atom is -0.449 e. The Labute approximate surface area is 82.5 Å². The van der Waals surface area contributed by atoms with Crippen LogP contribution in [0.25, 0.3) is 0 Å². The molecule has 1 aromatic rings. The molecule has 0 radical (unpaired) electrons. The summed E-state index contributed by atoms with van der Waals surface area (Å²) >= 11 is 0. The van der Waals surface area contributed by atoms with Crippen LogP contribution in [0, 0.1) is 6.92 Å². The summed E-state index contributed by atoms with van der Waals surface area (Å²) in [6.07, 6.45) is 2.29. The van der Waals surface area contributed by atoms with Crippen LogP contribution in [0.2, 0.25) is 0 Å². The van der Waals surface area contributed by atoms with Gasteiger partial charge >= 0.3 is 6.09 Å². The van der Waals surface area contributed by atoms with Crippen molar-refractivity contribution in [1.29, 1.82) is 0 Å². The number of amides is 1. The van der Waals surface area contributed by atoms with Crippen molar-refractivity contribution in [3.63, 3.8) is 0 Å². The van der Waals surface area contributed by atoms with E-state index in [9.17, 15) is 4.79 Å². The molecule has 4 nitrogen and oxygen atoms in total. The van der Waals surface area contributed by atoms with Crippen molar-refractivity contribution in [2.75, 3.05) is 18.1 Å². The highest BCUT2D eigenvalue weighted by molar-refractivity contribution is 5.87. The molecule has 2 heterocycles. The number of hydrogen-bond acceptors (Lipinski definition) is 3. The smallest absolute Gasteiger partial charge is 0.414 e. The molecule has 14 heavy (non-hydrogen) atoms. The largest absolute Gasteiger partial charge is 0.449 e. The predicted molar refractivity (Wildman–Crippen MR) is 52.3 cm³/mol. The Balaban J connectivity index is 2.20. The van der Waals surface area contributed by atoms with E-state index < -0.39 is 0 Å². The second-order valence-electron chi connectivity index (χ2n) is 3.28. The summed E-state index contributed by atoms with van der Waals surface area (Å²) in [4.78, 5) is 17.1. The number of cyclic esters (lactones) is 1. The van der Waals surface area contributed by atoms with Gasteiger partial charge in [-0.25, -0.2) is 4.79 Å². The van der Waals surface area contributed by atoms with Crippen LogP contribution in [-0.4, -0.2) is 24.2 Å². The lowest BCUT2D eigenvalue weighted by Crippen LogP contribution is -2.37. The molecule has 0 spiro atoms. The topological polar surface area (TPSA) is 42.4 Å². The number of ether oxygens (including phenoxy) is 1. The number of aryl methyl sites for hydroxylation is 1. The molecule has 0 unspecified atom stereocenters. The van der Waals surface area contributed by atoms with Crippen molar-refractivity contribution < 1.29 is 9.53 Å². The molecule has 1 amide bonds.